The van der Waals surface area contributed by atoms with Gasteiger partial charge in [0.1, 0.15) is 0 Å². The first-order chi connectivity index (χ1) is 11.6. The lowest BCUT2D eigenvalue weighted by molar-refractivity contribution is 0.247. The number of hydrogen-bond acceptors (Lipinski definition) is 6. The third kappa shape index (κ3) is 3.51. The van der Waals surface area contributed by atoms with Gasteiger partial charge in [-0.25, -0.2) is 0 Å². The first-order valence-electron chi connectivity index (χ1n) is 8.51. The van der Waals surface area contributed by atoms with Gasteiger partial charge in [0.15, 0.2) is 0 Å². The average molecular weight is 330 g/mol. The van der Waals surface area contributed by atoms with Crippen molar-refractivity contribution in [1.29, 1.82) is 0 Å². The van der Waals surface area contributed by atoms with E-state index in [-0.39, 0.29) is 5.92 Å². The third-order valence-electron chi connectivity index (χ3n) is 4.48. The van der Waals surface area contributed by atoms with Gasteiger partial charge in [0.2, 0.25) is 5.89 Å². The number of allylic oxidation sites excluding steroid dienone is 1. The van der Waals surface area contributed by atoms with Crippen molar-refractivity contribution in [3.63, 3.8) is 0 Å². The fourth-order valence-electron chi connectivity index (χ4n) is 2.88. The second-order valence-corrected chi connectivity index (χ2v) is 6.58. The van der Waals surface area contributed by atoms with E-state index in [1.165, 1.54) is 11.3 Å². The molecule has 130 valence electrons. The molecular weight excluding hydrogens is 304 g/mol. The lowest BCUT2D eigenvalue weighted by Crippen LogP contribution is -2.46. The van der Waals surface area contributed by atoms with Crippen LogP contribution in [0.1, 0.15) is 36.9 Å². The monoisotopic (exact) mass is 330 g/mol. The highest BCUT2D eigenvalue weighted by molar-refractivity contribution is 5.29. The van der Waals surface area contributed by atoms with Crippen LogP contribution in [-0.2, 0) is 13.1 Å². The molecule has 1 aliphatic heterocycles. The molecule has 1 aliphatic rings. The lowest BCUT2D eigenvalue weighted by atomic mass is 10.2. The summed E-state index contributed by atoms with van der Waals surface area (Å²) >= 11 is 0. The molecule has 3 rings (SSSR count). The lowest BCUT2D eigenvalue weighted by Gasteiger charge is -2.33. The predicted octanol–water partition coefficient (Wildman–Crippen LogP) is 2.21. The van der Waals surface area contributed by atoms with Gasteiger partial charge in [-0.05, 0) is 12.1 Å². The Labute approximate surface area is 142 Å². The maximum absolute atomic E-state index is 5.31. The SMILES string of the molecule is C=CCn1ncc(CN2CCN(c3noc(C(C)C)n3)CC2)c1C. The first-order valence-corrected chi connectivity index (χ1v) is 8.51. The number of piperazine rings is 1. The van der Waals surface area contributed by atoms with Crippen molar-refractivity contribution in [2.24, 2.45) is 0 Å². The number of hydrogen-bond donors (Lipinski definition) is 0. The molecule has 2 aromatic rings. The summed E-state index contributed by atoms with van der Waals surface area (Å²) in [5, 5.41) is 8.54. The standard InChI is InChI=1S/C17H26N6O/c1-5-6-23-14(4)15(11-18-23)12-21-7-9-22(10-8-21)17-19-16(13(2)3)24-20-17/h5,11,13H,1,6-10,12H2,2-4H3. The van der Waals surface area contributed by atoms with E-state index in [0.29, 0.717) is 11.8 Å². The Balaban J connectivity index is 1.56. The molecule has 1 saturated heterocycles. The molecule has 3 heterocycles. The van der Waals surface area contributed by atoms with Crippen LogP contribution in [0.3, 0.4) is 0 Å². The van der Waals surface area contributed by atoms with E-state index in [2.05, 4.69) is 52.4 Å². The van der Waals surface area contributed by atoms with Crippen LogP contribution in [0, 0.1) is 6.92 Å². The quantitative estimate of drug-likeness (QED) is 0.757. The van der Waals surface area contributed by atoms with E-state index in [1.54, 1.807) is 0 Å². The molecule has 0 aromatic carbocycles. The second kappa shape index (κ2) is 7.17. The van der Waals surface area contributed by atoms with Gasteiger partial charge in [0.05, 0.1) is 12.7 Å². The summed E-state index contributed by atoms with van der Waals surface area (Å²) in [5.74, 6) is 1.69. The second-order valence-electron chi connectivity index (χ2n) is 6.58. The summed E-state index contributed by atoms with van der Waals surface area (Å²) in [6.45, 7) is 15.5. The van der Waals surface area contributed by atoms with Crippen LogP contribution in [0.4, 0.5) is 5.95 Å². The number of nitrogens with zero attached hydrogens (tertiary/aromatic N) is 6. The molecule has 0 spiro atoms. The Hall–Kier alpha value is -2.15. The Morgan fingerprint density at radius 2 is 2.04 bits per heavy atom. The van der Waals surface area contributed by atoms with Gasteiger partial charge >= 0.3 is 0 Å². The highest BCUT2D eigenvalue weighted by atomic mass is 16.5. The number of anilines is 1. The minimum absolute atomic E-state index is 0.266. The van der Waals surface area contributed by atoms with Gasteiger partial charge in [-0.2, -0.15) is 10.1 Å². The van der Waals surface area contributed by atoms with Crippen LogP contribution < -0.4 is 4.90 Å². The third-order valence-corrected chi connectivity index (χ3v) is 4.48. The summed E-state index contributed by atoms with van der Waals surface area (Å²) < 4.78 is 7.30. The van der Waals surface area contributed by atoms with Gasteiger partial charge in [-0.3, -0.25) is 9.58 Å². The molecule has 0 bridgehead atoms. The van der Waals surface area contributed by atoms with Crippen LogP contribution in [-0.4, -0.2) is 51.0 Å². The summed E-state index contributed by atoms with van der Waals surface area (Å²) in [4.78, 5) is 9.13. The van der Waals surface area contributed by atoms with Crippen LogP contribution >= 0.6 is 0 Å². The summed E-state index contributed by atoms with van der Waals surface area (Å²) in [6, 6.07) is 0. The number of aromatic nitrogens is 4. The van der Waals surface area contributed by atoms with E-state index in [4.69, 9.17) is 4.52 Å². The van der Waals surface area contributed by atoms with Crippen molar-refractivity contribution < 1.29 is 4.52 Å². The van der Waals surface area contributed by atoms with Crippen LogP contribution in [0.5, 0.6) is 0 Å². The largest absolute Gasteiger partial charge is 0.337 e. The molecule has 0 radical (unpaired) electrons. The van der Waals surface area contributed by atoms with Crippen molar-refractivity contribution in [3.8, 4) is 0 Å². The minimum Gasteiger partial charge on any atom is -0.337 e. The maximum atomic E-state index is 5.31. The smallest absolute Gasteiger partial charge is 0.266 e. The Morgan fingerprint density at radius 1 is 1.29 bits per heavy atom. The molecule has 24 heavy (non-hydrogen) atoms. The van der Waals surface area contributed by atoms with Crippen LogP contribution in [0.25, 0.3) is 0 Å². The zero-order valence-corrected chi connectivity index (χ0v) is 14.8. The van der Waals surface area contributed by atoms with E-state index in [9.17, 15) is 0 Å². The maximum Gasteiger partial charge on any atom is 0.266 e. The minimum atomic E-state index is 0.266. The molecule has 0 unspecified atom stereocenters. The summed E-state index contributed by atoms with van der Waals surface area (Å²) in [6.07, 6.45) is 3.85. The van der Waals surface area contributed by atoms with E-state index in [1.807, 2.05) is 17.0 Å². The highest BCUT2D eigenvalue weighted by Crippen LogP contribution is 2.18. The van der Waals surface area contributed by atoms with Crippen molar-refractivity contribution in [2.45, 2.75) is 39.8 Å². The molecule has 0 aliphatic carbocycles. The highest BCUT2D eigenvalue weighted by Gasteiger charge is 2.22. The van der Waals surface area contributed by atoms with Gasteiger partial charge < -0.3 is 9.42 Å². The molecule has 1 fully saturated rings. The van der Waals surface area contributed by atoms with Gasteiger partial charge in [0.25, 0.3) is 5.95 Å². The van der Waals surface area contributed by atoms with E-state index < -0.39 is 0 Å². The molecule has 0 saturated carbocycles. The van der Waals surface area contributed by atoms with Crippen LogP contribution in [0.15, 0.2) is 23.4 Å². The van der Waals surface area contributed by atoms with Gasteiger partial charge in [-0.15, -0.1) is 6.58 Å². The molecule has 7 nitrogen and oxygen atoms in total. The molecule has 0 N–H and O–H groups in total. The Morgan fingerprint density at radius 3 is 2.67 bits per heavy atom. The molecular formula is C17H26N6O. The average Bonchev–Trinajstić information content (AvgIpc) is 3.19. The molecule has 7 heteroatoms. The fraction of sp³-hybridized carbons (Fsp3) is 0.588. The normalized spacial score (nSPS) is 16.1. The van der Waals surface area contributed by atoms with Gasteiger partial charge in [-0.1, -0.05) is 19.9 Å². The van der Waals surface area contributed by atoms with Crippen molar-refractivity contribution >= 4 is 5.95 Å². The van der Waals surface area contributed by atoms with E-state index >= 15 is 0 Å². The summed E-state index contributed by atoms with van der Waals surface area (Å²) in [5.41, 5.74) is 2.50. The molecule has 2 aromatic heterocycles. The predicted molar refractivity (Wildman–Crippen MR) is 93.0 cm³/mol. The Bertz CT molecular complexity index is 681. The zero-order valence-electron chi connectivity index (χ0n) is 14.8. The topological polar surface area (TPSA) is 63.2 Å². The van der Waals surface area contributed by atoms with E-state index in [0.717, 1.165) is 39.3 Å². The zero-order chi connectivity index (χ0) is 17.1. The van der Waals surface area contributed by atoms with Crippen molar-refractivity contribution in [2.75, 3.05) is 31.1 Å². The van der Waals surface area contributed by atoms with Crippen molar-refractivity contribution in [1.82, 2.24) is 24.8 Å². The Kier molecular flexibility index (Phi) is 4.99. The molecule has 0 amide bonds. The van der Waals surface area contributed by atoms with Crippen molar-refractivity contribution in [3.05, 3.63) is 36.0 Å². The first kappa shape index (κ1) is 16.7. The van der Waals surface area contributed by atoms with Crippen LogP contribution in [0.2, 0.25) is 0 Å². The summed E-state index contributed by atoms with van der Waals surface area (Å²) in [7, 11) is 0. The number of rotatable bonds is 6. The molecule has 0 atom stereocenters. The fourth-order valence-corrected chi connectivity index (χ4v) is 2.88. The van der Waals surface area contributed by atoms with Gasteiger partial charge in [0, 0.05) is 49.9 Å².